The van der Waals surface area contributed by atoms with Gasteiger partial charge in [0.25, 0.3) is 5.91 Å². The lowest BCUT2D eigenvalue weighted by molar-refractivity contribution is 0.0690. The molecule has 0 spiro atoms. The van der Waals surface area contributed by atoms with E-state index in [9.17, 15) is 18.0 Å². The standard InChI is InChI=1S/C12H16N2O5S/c1-7-9(8(2)13-10(7)12(16)17)11(15)14-3-5-20(18,19)6-4-14/h13H,3-6H2,1-2H3,(H,16,17). The molecular formula is C12H16N2O5S. The molecule has 0 radical (unpaired) electrons. The predicted molar refractivity (Wildman–Crippen MR) is 71.8 cm³/mol. The molecule has 0 atom stereocenters. The first-order valence-electron chi connectivity index (χ1n) is 6.15. The van der Waals surface area contributed by atoms with E-state index in [1.54, 1.807) is 13.8 Å². The van der Waals surface area contributed by atoms with Crippen molar-refractivity contribution in [3.05, 3.63) is 22.5 Å². The van der Waals surface area contributed by atoms with Crippen LogP contribution in [0.3, 0.4) is 0 Å². The summed E-state index contributed by atoms with van der Waals surface area (Å²) in [4.78, 5) is 27.6. The van der Waals surface area contributed by atoms with E-state index in [1.165, 1.54) is 4.90 Å². The highest BCUT2D eigenvalue weighted by atomic mass is 32.2. The Bertz CT molecular complexity index is 660. The first-order valence-corrected chi connectivity index (χ1v) is 7.97. The van der Waals surface area contributed by atoms with Gasteiger partial charge in [0.1, 0.15) is 5.69 Å². The quantitative estimate of drug-likeness (QED) is 0.811. The molecule has 1 saturated heterocycles. The van der Waals surface area contributed by atoms with Crippen molar-refractivity contribution < 1.29 is 23.1 Å². The van der Waals surface area contributed by atoms with E-state index >= 15 is 0 Å². The molecule has 0 aliphatic carbocycles. The highest BCUT2D eigenvalue weighted by Gasteiger charge is 2.29. The van der Waals surface area contributed by atoms with Crippen LogP contribution in [0.1, 0.15) is 32.1 Å². The van der Waals surface area contributed by atoms with Crippen LogP contribution in [0.5, 0.6) is 0 Å². The van der Waals surface area contributed by atoms with E-state index in [0.29, 0.717) is 16.8 Å². The van der Waals surface area contributed by atoms with Crippen LogP contribution in [0, 0.1) is 13.8 Å². The molecule has 7 nitrogen and oxygen atoms in total. The van der Waals surface area contributed by atoms with Gasteiger partial charge in [-0.05, 0) is 19.4 Å². The fourth-order valence-electron chi connectivity index (χ4n) is 2.36. The Morgan fingerprint density at radius 2 is 1.75 bits per heavy atom. The van der Waals surface area contributed by atoms with Crippen molar-refractivity contribution in [2.75, 3.05) is 24.6 Å². The highest BCUT2D eigenvalue weighted by Crippen LogP contribution is 2.21. The number of aromatic nitrogens is 1. The smallest absolute Gasteiger partial charge is 0.352 e. The van der Waals surface area contributed by atoms with Crippen molar-refractivity contribution in [1.29, 1.82) is 0 Å². The van der Waals surface area contributed by atoms with Crippen LogP contribution in [0.15, 0.2) is 0 Å². The molecule has 0 bridgehead atoms. The molecule has 2 heterocycles. The predicted octanol–water partition coefficient (Wildman–Crippen LogP) is 0.200. The minimum absolute atomic E-state index is 0.00418. The van der Waals surface area contributed by atoms with Gasteiger partial charge in [0, 0.05) is 18.8 Å². The fraction of sp³-hybridized carbons (Fsp3) is 0.500. The van der Waals surface area contributed by atoms with Gasteiger partial charge in [-0.2, -0.15) is 0 Å². The van der Waals surface area contributed by atoms with Crippen molar-refractivity contribution in [2.45, 2.75) is 13.8 Å². The van der Waals surface area contributed by atoms with Gasteiger partial charge >= 0.3 is 5.97 Å². The number of nitrogens with one attached hydrogen (secondary N) is 1. The van der Waals surface area contributed by atoms with Crippen molar-refractivity contribution in [1.82, 2.24) is 9.88 Å². The van der Waals surface area contributed by atoms with Crippen molar-refractivity contribution in [3.8, 4) is 0 Å². The van der Waals surface area contributed by atoms with Crippen LogP contribution in [0.2, 0.25) is 0 Å². The normalized spacial score (nSPS) is 18.0. The molecule has 1 amide bonds. The van der Waals surface area contributed by atoms with Gasteiger partial charge in [0.2, 0.25) is 0 Å². The molecule has 0 unspecified atom stereocenters. The third-order valence-corrected chi connectivity index (χ3v) is 5.11. The number of carbonyl (C=O) groups excluding carboxylic acids is 1. The molecule has 1 aliphatic rings. The Morgan fingerprint density at radius 1 is 1.20 bits per heavy atom. The molecule has 2 rings (SSSR count). The Labute approximate surface area is 116 Å². The maximum atomic E-state index is 12.4. The summed E-state index contributed by atoms with van der Waals surface area (Å²) in [7, 11) is -3.06. The lowest BCUT2D eigenvalue weighted by atomic mass is 10.1. The number of H-pyrrole nitrogens is 1. The van der Waals surface area contributed by atoms with Gasteiger partial charge in [-0.1, -0.05) is 0 Å². The van der Waals surface area contributed by atoms with Crippen molar-refractivity contribution in [3.63, 3.8) is 0 Å². The summed E-state index contributed by atoms with van der Waals surface area (Å²) in [5.41, 5.74) is 1.18. The molecule has 2 N–H and O–H groups in total. The van der Waals surface area contributed by atoms with Crippen molar-refractivity contribution >= 4 is 21.7 Å². The molecule has 1 fully saturated rings. The zero-order valence-electron chi connectivity index (χ0n) is 11.3. The number of rotatable bonds is 2. The van der Waals surface area contributed by atoms with Gasteiger partial charge < -0.3 is 15.0 Å². The van der Waals surface area contributed by atoms with Crippen LogP contribution >= 0.6 is 0 Å². The van der Waals surface area contributed by atoms with E-state index < -0.39 is 15.8 Å². The second kappa shape index (κ2) is 4.93. The fourth-order valence-corrected chi connectivity index (χ4v) is 3.56. The van der Waals surface area contributed by atoms with Crippen LogP contribution < -0.4 is 0 Å². The molecule has 0 aromatic carbocycles. The zero-order chi connectivity index (χ0) is 15.1. The van der Waals surface area contributed by atoms with Crippen LogP contribution in [0.4, 0.5) is 0 Å². The molecule has 1 aromatic rings. The molecular weight excluding hydrogens is 284 g/mol. The summed E-state index contributed by atoms with van der Waals surface area (Å²) in [6.07, 6.45) is 0. The number of aryl methyl sites for hydroxylation is 1. The maximum absolute atomic E-state index is 12.4. The van der Waals surface area contributed by atoms with Crippen LogP contribution in [-0.2, 0) is 9.84 Å². The molecule has 1 aromatic heterocycles. The van der Waals surface area contributed by atoms with E-state index in [-0.39, 0.29) is 36.2 Å². The lowest BCUT2D eigenvalue weighted by Crippen LogP contribution is -2.44. The first-order chi connectivity index (χ1) is 9.23. The van der Waals surface area contributed by atoms with Gasteiger partial charge in [0.15, 0.2) is 9.84 Å². The lowest BCUT2D eigenvalue weighted by Gasteiger charge is -2.27. The molecule has 0 saturated carbocycles. The molecule has 110 valence electrons. The Morgan fingerprint density at radius 3 is 2.20 bits per heavy atom. The Hall–Kier alpha value is -1.83. The molecule has 20 heavy (non-hydrogen) atoms. The maximum Gasteiger partial charge on any atom is 0.352 e. The highest BCUT2D eigenvalue weighted by molar-refractivity contribution is 7.91. The number of hydrogen-bond acceptors (Lipinski definition) is 4. The number of aromatic carboxylic acids is 1. The van der Waals surface area contributed by atoms with E-state index in [2.05, 4.69) is 4.98 Å². The second-order valence-electron chi connectivity index (χ2n) is 4.87. The van der Waals surface area contributed by atoms with E-state index in [4.69, 9.17) is 5.11 Å². The Kier molecular flexibility index (Phi) is 3.59. The third-order valence-electron chi connectivity index (χ3n) is 3.50. The topological polar surface area (TPSA) is 108 Å². The average molecular weight is 300 g/mol. The van der Waals surface area contributed by atoms with Gasteiger partial charge in [0.05, 0.1) is 17.1 Å². The number of carbonyl (C=O) groups is 2. The third kappa shape index (κ3) is 2.55. The number of amides is 1. The number of carboxylic acid groups (broad SMARTS) is 1. The number of carboxylic acids is 1. The summed E-state index contributed by atoms with van der Waals surface area (Å²) in [5.74, 6) is -1.54. The van der Waals surface area contributed by atoms with E-state index in [0.717, 1.165) is 0 Å². The summed E-state index contributed by atoms with van der Waals surface area (Å²) in [6, 6.07) is 0. The number of hydrogen-bond donors (Lipinski definition) is 2. The minimum atomic E-state index is -3.06. The number of aromatic amines is 1. The summed E-state index contributed by atoms with van der Waals surface area (Å²) < 4.78 is 22.7. The number of sulfone groups is 1. The first kappa shape index (κ1) is 14.6. The van der Waals surface area contributed by atoms with Crippen LogP contribution in [-0.4, -0.2) is 59.9 Å². The Balaban J connectivity index is 2.29. The minimum Gasteiger partial charge on any atom is -0.477 e. The average Bonchev–Trinajstić information content (AvgIpc) is 2.64. The zero-order valence-corrected chi connectivity index (χ0v) is 12.1. The summed E-state index contributed by atoms with van der Waals surface area (Å²) in [6.45, 7) is 3.50. The second-order valence-corrected chi connectivity index (χ2v) is 7.18. The van der Waals surface area contributed by atoms with Gasteiger partial charge in [-0.3, -0.25) is 4.79 Å². The monoisotopic (exact) mass is 300 g/mol. The van der Waals surface area contributed by atoms with Gasteiger partial charge in [-0.15, -0.1) is 0 Å². The molecule has 1 aliphatic heterocycles. The summed E-state index contributed by atoms with van der Waals surface area (Å²) in [5, 5.41) is 9.03. The van der Waals surface area contributed by atoms with Crippen molar-refractivity contribution in [2.24, 2.45) is 0 Å². The van der Waals surface area contributed by atoms with E-state index in [1.807, 2.05) is 0 Å². The number of nitrogens with zero attached hydrogens (tertiary/aromatic N) is 1. The van der Waals surface area contributed by atoms with Gasteiger partial charge in [-0.25, -0.2) is 13.2 Å². The molecule has 8 heteroatoms. The van der Waals surface area contributed by atoms with Crippen LogP contribution in [0.25, 0.3) is 0 Å². The SMILES string of the molecule is Cc1[nH]c(C(=O)O)c(C)c1C(=O)N1CCS(=O)(=O)CC1. The largest absolute Gasteiger partial charge is 0.477 e. The summed E-state index contributed by atoms with van der Waals surface area (Å²) >= 11 is 0.